The summed E-state index contributed by atoms with van der Waals surface area (Å²) in [6.45, 7) is 6.47. The van der Waals surface area contributed by atoms with Crippen molar-refractivity contribution in [3.63, 3.8) is 0 Å². The van der Waals surface area contributed by atoms with Crippen molar-refractivity contribution >= 4 is 17.2 Å². The van der Waals surface area contributed by atoms with E-state index in [1.807, 2.05) is 12.1 Å². The van der Waals surface area contributed by atoms with Gasteiger partial charge in [0.05, 0.1) is 5.69 Å². The third-order valence-corrected chi connectivity index (χ3v) is 3.32. The van der Waals surface area contributed by atoms with E-state index in [0.29, 0.717) is 5.82 Å². The van der Waals surface area contributed by atoms with Gasteiger partial charge in [-0.3, -0.25) is 0 Å². The fourth-order valence-electron chi connectivity index (χ4n) is 1.39. The van der Waals surface area contributed by atoms with Crippen LogP contribution in [-0.2, 0) is 5.41 Å². The Morgan fingerprint density at radius 1 is 1.35 bits per heavy atom. The number of thiazole rings is 1. The minimum Gasteiger partial charge on any atom is -0.308 e. The van der Waals surface area contributed by atoms with Crippen molar-refractivity contribution in [3.05, 3.63) is 29.4 Å². The van der Waals surface area contributed by atoms with Crippen molar-refractivity contribution in [3.8, 4) is 10.6 Å². The van der Waals surface area contributed by atoms with Crippen LogP contribution in [0.2, 0.25) is 0 Å². The summed E-state index contributed by atoms with van der Waals surface area (Å²) in [7, 11) is 0. The van der Waals surface area contributed by atoms with E-state index < -0.39 is 0 Å². The molecule has 0 bridgehead atoms. The Labute approximate surface area is 105 Å². The molecule has 0 saturated heterocycles. The predicted molar refractivity (Wildman–Crippen MR) is 71.9 cm³/mol. The Morgan fingerprint density at radius 3 is 2.71 bits per heavy atom. The second kappa shape index (κ2) is 4.43. The van der Waals surface area contributed by atoms with Gasteiger partial charge in [-0.2, -0.15) is 0 Å². The summed E-state index contributed by atoms with van der Waals surface area (Å²) >= 11 is 1.64. The van der Waals surface area contributed by atoms with Gasteiger partial charge in [0, 0.05) is 22.6 Å². The molecule has 0 fully saturated rings. The number of pyridine rings is 1. The molecule has 0 aliphatic heterocycles. The zero-order valence-electron chi connectivity index (χ0n) is 10.2. The van der Waals surface area contributed by atoms with Gasteiger partial charge in [-0.15, -0.1) is 11.3 Å². The van der Waals surface area contributed by atoms with Gasteiger partial charge >= 0.3 is 0 Å². The molecule has 0 saturated carbocycles. The Hall–Kier alpha value is -1.46. The average molecular weight is 248 g/mol. The molecule has 0 aliphatic rings. The first-order chi connectivity index (χ1) is 8.00. The molecule has 17 heavy (non-hydrogen) atoms. The zero-order valence-corrected chi connectivity index (χ0v) is 11.0. The van der Waals surface area contributed by atoms with Crippen LogP contribution in [0, 0.1) is 0 Å². The normalized spacial score (nSPS) is 11.5. The molecule has 4 nitrogen and oxygen atoms in total. The molecule has 0 aliphatic carbocycles. The van der Waals surface area contributed by atoms with Gasteiger partial charge in [-0.05, 0) is 12.1 Å². The molecule has 3 N–H and O–H groups in total. The fraction of sp³-hybridized carbons (Fsp3) is 0.333. The molecule has 2 aromatic heterocycles. The van der Waals surface area contributed by atoms with Gasteiger partial charge < -0.3 is 5.43 Å². The van der Waals surface area contributed by atoms with Crippen LogP contribution in [0.15, 0.2) is 23.7 Å². The van der Waals surface area contributed by atoms with Gasteiger partial charge in [-0.1, -0.05) is 20.8 Å². The minimum absolute atomic E-state index is 0.0801. The quantitative estimate of drug-likeness (QED) is 0.633. The molecule has 2 aromatic rings. The van der Waals surface area contributed by atoms with Gasteiger partial charge in [0.25, 0.3) is 0 Å². The number of nitrogen functional groups attached to an aromatic ring is 1. The first-order valence-corrected chi connectivity index (χ1v) is 6.28. The third kappa shape index (κ3) is 2.62. The summed E-state index contributed by atoms with van der Waals surface area (Å²) < 4.78 is 0. The molecule has 0 amide bonds. The van der Waals surface area contributed by atoms with Crippen LogP contribution in [0.3, 0.4) is 0 Å². The van der Waals surface area contributed by atoms with E-state index in [9.17, 15) is 0 Å². The number of hydrazine groups is 1. The second-order valence-corrected chi connectivity index (χ2v) is 5.72. The Morgan fingerprint density at radius 2 is 2.12 bits per heavy atom. The number of aromatic nitrogens is 2. The zero-order chi connectivity index (χ0) is 12.5. The lowest BCUT2D eigenvalue weighted by molar-refractivity contribution is 0.573. The van der Waals surface area contributed by atoms with Crippen LogP contribution in [0.4, 0.5) is 5.82 Å². The highest BCUT2D eigenvalue weighted by Gasteiger charge is 2.17. The molecule has 0 unspecified atom stereocenters. The van der Waals surface area contributed by atoms with E-state index >= 15 is 0 Å². The van der Waals surface area contributed by atoms with Crippen molar-refractivity contribution in [2.75, 3.05) is 5.43 Å². The molecule has 2 rings (SSSR count). The largest absolute Gasteiger partial charge is 0.308 e. The van der Waals surface area contributed by atoms with Crippen LogP contribution >= 0.6 is 11.3 Å². The van der Waals surface area contributed by atoms with Crippen molar-refractivity contribution in [2.45, 2.75) is 26.2 Å². The molecular weight excluding hydrogens is 232 g/mol. The van der Waals surface area contributed by atoms with Gasteiger partial charge in [0.2, 0.25) is 0 Å². The van der Waals surface area contributed by atoms with Crippen molar-refractivity contribution in [1.82, 2.24) is 9.97 Å². The number of anilines is 1. The van der Waals surface area contributed by atoms with E-state index in [0.717, 1.165) is 16.3 Å². The van der Waals surface area contributed by atoms with E-state index in [4.69, 9.17) is 5.84 Å². The predicted octanol–water partition coefficient (Wildman–Crippen LogP) is 2.79. The molecular formula is C12H16N4S. The Balaban J connectivity index is 2.37. The molecule has 0 aromatic carbocycles. The summed E-state index contributed by atoms with van der Waals surface area (Å²) in [5.74, 6) is 5.99. The molecule has 90 valence electrons. The average Bonchev–Trinajstić information content (AvgIpc) is 2.78. The van der Waals surface area contributed by atoms with Gasteiger partial charge in [0.15, 0.2) is 0 Å². The van der Waals surface area contributed by atoms with Crippen molar-refractivity contribution in [2.24, 2.45) is 5.84 Å². The Kier molecular flexibility index (Phi) is 3.13. The maximum Gasteiger partial charge on any atom is 0.140 e. The number of rotatable bonds is 2. The summed E-state index contributed by atoms with van der Waals surface area (Å²) in [5.41, 5.74) is 4.76. The smallest absolute Gasteiger partial charge is 0.140 e. The van der Waals surface area contributed by atoms with E-state index in [-0.39, 0.29) is 5.41 Å². The first kappa shape index (κ1) is 12.0. The highest BCUT2D eigenvalue weighted by Crippen LogP contribution is 2.30. The summed E-state index contributed by atoms with van der Waals surface area (Å²) in [6, 6.07) is 3.83. The fourth-order valence-corrected chi connectivity index (χ4v) is 2.44. The monoisotopic (exact) mass is 248 g/mol. The van der Waals surface area contributed by atoms with Gasteiger partial charge in [0.1, 0.15) is 10.8 Å². The molecule has 5 heteroatoms. The lowest BCUT2D eigenvalue weighted by Crippen LogP contribution is -2.11. The van der Waals surface area contributed by atoms with Crippen LogP contribution in [-0.4, -0.2) is 9.97 Å². The molecule has 0 radical (unpaired) electrons. The maximum atomic E-state index is 5.34. The van der Waals surface area contributed by atoms with Crippen molar-refractivity contribution in [1.29, 1.82) is 0 Å². The maximum absolute atomic E-state index is 5.34. The standard InChI is InChI=1S/C12H16N4S/c1-12(2,3)9-7-17-11(15-9)8-4-5-14-10(6-8)16-13/h4-7H,13H2,1-3H3,(H,14,16). The molecule has 2 heterocycles. The van der Waals surface area contributed by atoms with E-state index in [1.165, 1.54) is 0 Å². The highest BCUT2D eigenvalue weighted by molar-refractivity contribution is 7.13. The number of nitrogens with one attached hydrogen (secondary N) is 1. The summed E-state index contributed by atoms with van der Waals surface area (Å²) in [4.78, 5) is 8.73. The van der Waals surface area contributed by atoms with E-state index in [2.05, 4.69) is 41.5 Å². The molecule has 0 spiro atoms. The van der Waals surface area contributed by atoms with Gasteiger partial charge in [-0.25, -0.2) is 15.8 Å². The lowest BCUT2D eigenvalue weighted by atomic mass is 9.93. The molecule has 0 atom stereocenters. The van der Waals surface area contributed by atoms with Crippen LogP contribution in [0.25, 0.3) is 10.6 Å². The second-order valence-electron chi connectivity index (χ2n) is 4.86. The SMILES string of the molecule is CC(C)(C)c1csc(-c2ccnc(NN)c2)n1. The number of hydrogen-bond donors (Lipinski definition) is 2. The minimum atomic E-state index is 0.0801. The summed E-state index contributed by atoms with van der Waals surface area (Å²) in [5, 5.41) is 3.10. The van der Waals surface area contributed by atoms with Crippen LogP contribution in [0.1, 0.15) is 26.5 Å². The Bertz CT molecular complexity index is 513. The first-order valence-electron chi connectivity index (χ1n) is 5.40. The summed E-state index contributed by atoms with van der Waals surface area (Å²) in [6.07, 6.45) is 1.72. The topological polar surface area (TPSA) is 63.8 Å². The van der Waals surface area contributed by atoms with Crippen molar-refractivity contribution < 1.29 is 0 Å². The van der Waals surface area contributed by atoms with Crippen LogP contribution in [0.5, 0.6) is 0 Å². The van der Waals surface area contributed by atoms with E-state index in [1.54, 1.807) is 17.5 Å². The third-order valence-electron chi connectivity index (χ3n) is 2.43. The lowest BCUT2D eigenvalue weighted by Gasteiger charge is -2.14. The number of nitrogens with two attached hydrogens (primary N) is 1. The number of hydrogen-bond acceptors (Lipinski definition) is 5. The highest BCUT2D eigenvalue weighted by atomic mass is 32.1. The number of nitrogens with zero attached hydrogens (tertiary/aromatic N) is 2. The van der Waals surface area contributed by atoms with Crippen LogP contribution < -0.4 is 11.3 Å².